The molecule has 0 aromatic heterocycles. The summed E-state index contributed by atoms with van der Waals surface area (Å²) in [7, 11) is -3.09. The van der Waals surface area contributed by atoms with Gasteiger partial charge in [-0.3, -0.25) is 4.79 Å². The molecular weight excluding hydrogens is 194 g/mol. The lowest BCUT2D eigenvalue weighted by atomic mass is 9.84. The van der Waals surface area contributed by atoms with E-state index in [0.29, 0.717) is 0 Å². The molecule has 0 radical (unpaired) electrons. The lowest BCUT2D eigenvalue weighted by molar-refractivity contribution is -0.140. The van der Waals surface area contributed by atoms with Crippen LogP contribution >= 0.6 is 0 Å². The molecule has 0 aliphatic carbocycles. The van der Waals surface area contributed by atoms with Crippen LogP contribution in [0.1, 0.15) is 0 Å². The Morgan fingerprint density at radius 2 is 2.08 bits per heavy atom. The fraction of sp³-hybridized carbons (Fsp3) is 0.571. The van der Waals surface area contributed by atoms with Crippen LogP contribution in [0.4, 0.5) is 0 Å². The summed E-state index contributed by atoms with van der Waals surface area (Å²) in [5.74, 6) is -1.62. The summed E-state index contributed by atoms with van der Waals surface area (Å²) in [5.41, 5.74) is 4.39. The SMILES string of the molecule is C=CC1(C(N)C(=O)O)CS(=O)(=O)C1. The first-order valence-electron chi connectivity index (χ1n) is 3.65. The standard InChI is InChI=1S/C7H11NO4S/c1-2-7(5(8)6(9)10)3-13(11,12)4-7/h2,5H,1,3-4,8H2,(H,9,10). The minimum Gasteiger partial charge on any atom is -0.480 e. The van der Waals surface area contributed by atoms with Crippen molar-refractivity contribution in [3.63, 3.8) is 0 Å². The quantitative estimate of drug-likeness (QED) is 0.576. The Hall–Kier alpha value is -0.880. The Balaban J connectivity index is 2.88. The lowest BCUT2D eigenvalue weighted by Crippen LogP contribution is -2.60. The van der Waals surface area contributed by atoms with E-state index >= 15 is 0 Å². The molecule has 1 rings (SSSR count). The van der Waals surface area contributed by atoms with Crippen molar-refractivity contribution in [1.29, 1.82) is 0 Å². The monoisotopic (exact) mass is 205 g/mol. The van der Waals surface area contributed by atoms with Crippen LogP contribution in [-0.2, 0) is 14.6 Å². The van der Waals surface area contributed by atoms with Crippen LogP contribution < -0.4 is 5.73 Å². The van der Waals surface area contributed by atoms with Crippen molar-refractivity contribution in [3.8, 4) is 0 Å². The molecule has 0 aromatic carbocycles. The van der Waals surface area contributed by atoms with Crippen molar-refractivity contribution >= 4 is 15.8 Å². The van der Waals surface area contributed by atoms with Crippen LogP contribution in [0.3, 0.4) is 0 Å². The number of carboxylic acids is 1. The Bertz CT molecular complexity index is 334. The molecule has 6 heteroatoms. The summed E-state index contributed by atoms with van der Waals surface area (Å²) in [4.78, 5) is 10.5. The Labute approximate surface area is 76.2 Å². The van der Waals surface area contributed by atoms with Gasteiger partial charge in [0.25, 0.3) is 0 Å². The summed E-state index contributed by atoms with van der Waals surface area (Å²) < 4.78 is 21.8. The highest BCUT2D eigenvalue weighted by Gasteiger charge is 2.52. The second kappa shape index (κ2) is 2.81. The third-order valence-electron chi connectivity index (χ3n) is 2.27. The number of hydrogen-bond acceptors (Lipinski definition) is 4. The molecule has 74 valence electrons. The van der Waals surface area contributed by atoms with Gasteiger partial charge in [0.2, 0.25) is 0 Å². The van der Waals surface area contributed by atoms with Crippen LogP contribution in [0, 0.1) is 5.41 Å². The smallest absolute Gasteiger partial charge is 0.321 e. The first kappa shape index (κ1) is 10.2. The van der Waals surface area contributed by atoms with Crippen LogP contribution in [0.5, 0.6) is 0 Å². The highest BCUT2D eigenvalue weighted by atomic mass is 32.2. The van der Waals surface area contributed by atoms with E-state index in [9.17, 15) is 13.2 Å². The number of hydrogen-bond donors (Lipinski definition) is 2. The maximum absolute atomic E-state index is 10.9. The van der Waals surface area contributed by atoms with Gasteiger partial charge in [-0.15, -0.1) is 6.58 Å². The molecule has 1 unspecified atom stereocenters. The maximum atomic E-state index is 10.9. The third-order valence-corrected chi connectivity index (χ3v) is 4.22. The molecule has 5 nitrogen and oxygen atoms in total. The zero-order valence-corrected chi connectivity index (χ0v) is 7.75. The molecule has 0 saturated carbocycles. The molecule has 0 amide bonds. The number of rotatable bonds is 3. The van der Waals surface area contributed by atoms with Crippen LogP contribution in [0.25, 0.3) is 0 Å². The summed E-state index contributed by atoms with van der Waals surface area (Å²) >= 11 is 0. The van der Waals surface area contributed by atoms with Crippen molar-refractivity contribution < 1.29 is 18.3 Å². The minimum absolute atomic E-state index is 0.211. The average molecular weight is 205 g/mol. The highest BCUT2D eigenvalue weighted by molar-refractivity contribution is 7.92. The van der Waals surface area contributed by atoms with Crippen molar-refractivity contribution in [2.75, 3.05) is 11.5 Å². The van der Waals surface area contributed by atoms with Gasteiger partial charge in [-0.25, -0.2) is 8.42 Å². The summed E-state index contributed by atoms with van der Waals surface area (Å²) in [6.45, 7) is 3.42. The largest absolute Gasteiger partial charge is 0.480 e. The van der Waals surface area contributed by atoms with E-state index in [-0.39, 0.29) is 11.5 Å². The Morgan fingerprint density at radius 3 is 2.31 bits per heavy atom. The molecule has 1 saturated heterocycles. The number of nitrogens with two attached hydrogens (primary N) is 1. The first-order chi connectivity index (χ1) is 5.83. The number of carboxylic acid groups (broad SMARTS) is 1. The molecule has 0 spiro atoms. The second-order valence-corrected chi connectivity index (χ2v) is 5.35. The van der Waals surface area contributed by atoms with Crippen molar-refractivity contribution in [2.24, 2.45) is 11.1 Å². The molecule has 3 N–H and O–H groups in total. The molecule has 0 bridgehead atoms. The minimum atomic E-state index is -3.09. The third kappa shape index (κ3) is 1.59. The topological polar surface area (TPSA) is 97.5 Å². The van der Waals surface area contributed by atoms with Gasteiger partial charge in [0.1, 0.15) is 6.04 Å². The summed E-state index contributed by atoms with van der Waals surface area (Å²) in [6.07, 6.45) is 1.33. The van der Waals surface area contributed by atoms with Gasteiger partial charge in [-0.1, -0.05) is 6.08 Å². The Morgan fingerprint density at radius 1 is 1.62 bits per heavy atom. The number of carbonyl (C=O) groups is 1. The highest BCUT2D eigenvalue weighted by Crippen LogP contribution is 2.36. The van der Waals surface area contributed by atoms with Crippen molar-refractivity contribution in [1.82, 2.24) is 0 Å². The average Bonchev–Trinajstić information content (AvgIpc) is 1.97. The number of sulfone groups is 1. The summed E-state index contributed by atoms with van der Waals surface area (Å²) in [5, 5.41) is 8.62. The molecule has 1 fully saturated rings. The van der Waals surface area contributed by atoms with Crippen LogP contribution in [-0.4, -0.2) is 37.0 Å². The van der Waals surface area contributed by atoms with Crippen molar-refractivity contribution in [3.05, 3.63) is 12.7 Å². The molecule has 1 aliphatic heterocycles. The van der Waals surface area contributed by atoms with Gasteiger partial charge in [0.05, 0.1) is 11.5 Å². The molecular formula is C7H11NO4S. The van der Waals surface area contributed by atoms with E-state index in [1.54, 1.807) is 0 Å². The molecule has 1 atom stereocenters. The maximum Gasteiger partial charge on any atom is 0.321 e. The summed E-state index contributed by atoms with van der Waals surface area (Å²) in [6, 6.07) is -1.19. The van der Waals surface area contributed by atoms with Gasteiger partial charge in [0, 0.05) is 5.41 Å². The van der Waals surface area contributed by atoms with E-state index in [2.05, 4.69) is 6.58 Å². The van der Waals surface area contributed by atoms with E-state index in [4.69, 9.17) is 10.8 Å². The van der Waals surface area contributed by atoms with Crippen LogP contribution in [0.2, 0.25) is 0 Å². The molecule has 0 aromatic rings. The molecule has 13 heavy (non-hydrogen) atoms. The fourth-order valence-corrected chi connectivity index (χ4v) is 3.59. The zero-order chi connectivity index (χ0) is 10.3. The lowest BCUT2D eigenvalue weighted by Gasteiger charge is -2.40. The zero-order valence-electron chi connectivity index (χ0n) is 6.93. The second-order valence-electron chi connectivity index (χ2n) is 3.29. The normalized spacial score (nSPS) is 25.6. The molecule has 1 aliphatic rings. The first-order valence-corrected chi connectivity index (χ1v) is 5.47. The van der Waals surface area contributed by atoms with Gasteiger partial charge in [-0.2, -0.15) is 0 Å². The fourth-order valence-electron chi connectivity index (χ4n) is 1.45. The van der Waals surface area contributed by atoms with E-state index in [0.717, 1.165) is 0 Å². The molecule has 1 heterocycles. The van der Waals surface area contributed by atoms with Crippen molar-refractivity contribution in [2.45, 2.75) is 6.04 Å². The predicted molar refractivity (Wildman–Crippen MR) is 46.9 cm³/mol. The predicted octanol–water partition coefficient (Wildman–Crippen LogP) is -1.00. The van der Waals surface area contributed by atoms with E-state index in [1.165, 1.54) is 6.08 Å². The van der Waals surface area contributed by atoms with E-state index in [1.807, 2.05) is 0 Å². The number of aliphatic carboxylic acids is 1. The van der Waals surface area contributed by atoms with Gasteiger partial charge in [-0.05, 0) is 0 Å². The van der Waals surface area contributed by atoms with E-state index < -0.39 is 27.3 Å². The Kier molecular flexibility index (Phi) is 2.21. The van der Waals surface area contributed by atoms with Crippen LogP contribution in [0.15, 0.2) is 12.7 Å². The van der Waals surface area contributed by atoms with Gasteiger partial charge in [0.15, 0.2) is 9.84 Å². The van der Waals surface area contributed by atoms with Gasteiger partial charge < -0.3 is 10.8 Å². The van der Waals surface area contributed by atoms with Gasteiger partial charge >= 0.3 is 5.97 Å².